The lowest BCUT2D eigenvalue weighted by Gasteiger charge is -2.13. The SMILES string of the molecule is CCNC(=O)[C@H](C)OC(=O)c1cc(Cl)c(OC)c(Cl)c1. The summed E-state index contributed by atoms with van der Waals surface area (Å²) >= 11 is 11.9. The summed E-state index contributed by atoms with van der Waals surface area (Å²) in [7, 11) is 1.42. The fourth-order valence-electron chi connectivity index (χ4n) is 1.47. The Labute approximate surface area is 127 Å². The number of nitrogens with one attached hydrogen (secondary N) is 1. The van der Waals surface area contributed by atoms with Gasteiger partial charge in [-0.15, -0.1) is 0 Å². The van der Waals surface area contributed by atoms with E-state index in [-0.39, 0.29) is 27.3 Å². The molecule has 1 N–H and O–H groups in total. The third-order valence-corrected chi connectivity index (χ3v) is 3.00. The fraction of sp³-hybridized carbons (Fsp3) is 0.385. The molecule has 1 rings (SSSR count). The normalized spacial score (nSPS) is 11.7. The smallest absolute Gasteiger partial charge is 0.339 e. The van der Waals surface area contributed by atoms with Crippen LogP contribution in [-0.4, -0.2) is 31.6 Å². The molecule has 0 aliphatic rings. The fourth-order valence-corrected chi connectivity index (χ4v) is 2.11. The molecule has 0 radical (unpaired) electrons. The minimum absolute atomic E-state index is 0.150. The standard InChI is InChI=1S/C13H15Cl2NO4/c1-4-16-12(17)7(2)20-13(18)8-5-9(14)11(19-3)10(15)6-8/h5-7H,4H2,1-3H3,(H,16,17)/t7-/m0/s1. The number of methoxy groups -OCH3 is 1. The minimum Gasteiger partial charge on any atom is -0.494 e. The van der Waals surface area contributed by atoms with Gasteiger partial charge in [-0.3, -0.25) is 4.79 Å². The van der Waals surface area contributed by atoms with Crippen molar-refractivity contribution in [2.24, 2.45) is 0 Å². The van der Waals surface area contributed by atoms with Crippen LogP contribution < -0.4 is 10.1 Å². The molecular weight excluding hydrogens is 305 g/mol. The van der Waals surface area contributed by atoms with E-state index in [0.29, 0.717) is 6.54 Å². The zero-order valence-corrected chi connectivity index (χ0v) is 12.8. The topological polar surface area (TPSA) is 64.6 Å². The van der Waals surface area contributed by atoms with Crippen molar-refractivity contribution in [3.8, 4) is 5.75 Å². The van der Waals surface area contributed by atoms with Crippen LogP contribution in [0.4, 0.5) is 0 Å². The molecule has 7 heteroatoms. The van der Waals surface area contributed by atoms with Crippen molar-refractivity contribution in [3.05, 3.63) is 27.7 Å². The van der Waals surface area contributed by atoms with Gasteiger partial charge in [0, 0.05) is 6.54 Å². The molecule has 20 heavy (non-hydrogen) atoms. The van der Waals surface area contributed by atoms with Gasteiger partial charge in [0.25, 0.3) is 5.91 Å². The predicted octanol–water partition coefficient (Wildman–Crippen LogP) is 2.68. The summed E-state index contributed by atoms with van der Waals surface area (Å²) in [5, 5.41) is 2.94. The van der Waals surface area contributed by atoms with E-state index in [0.717, 1.165) is 0 Å². The van der Waals surface area contributed by atoms with E-state index in [4.69, 9.17) is 32.7 Å². The van der Waals surface area contributed by atoms with Gasteiger partial charge in [-0.05, 0) is 26.0 Å². The van der Waals surface area contributed by atoms with Gasteiger partial charge in [-0.1, -0.05) is 23.2 Å². The van der Waals surface area contributed by atoms with Crippen molar-refractivity contribution < 1.29 is 19.1 Å². The van der Waals surface area contributed by atoms with E-state index in [1.54, 1.807) is 6.92 Å². The second kappa shape index (κ2) is 7.36. The molecule has 5 nitrogen and oxygen atoms in total. The summed E-state index contributed by atoms with van der Waals surface area (Å²) in [6, 6.07) is 2.75. The summed E-state index contributed by atoms with van der Waals surface area (Å²) in [5.74, 6) is -0.775. The quantitative estimate of drug-likeness (QED) is 0.847. The van der Waals surface area contributed by atoms with Gasteiger partial charge in [0.1, 0.15) is 0 Å². The van der Waals surface area contributed by atoms with Crippen LogP contribution in [-0.2, 0) is 9.53 Å². The van der Waals surface area contributed by atoms with Crippen molar-refractivity contribution in [3.63, 3.8) is 0 Å². The number of hydrogen-bond donors (Lipinski definition) is 1. The minimum atomic E-state index is -0.901. The van der Waals surface area contributed by atoms with Crippen LogP contribution in [0.25, 0.3) is 0 Å². The Kier molecular flexibility index (Phi) is 6.10. The number of carbonyl (C=O) groups excluding carboxylic acids is 2. The van der Waals surface area contributed by atoms with Crippen LogP contribution in [0, 0.1) is 0 Å². The molecule has 1 aromatic carbocycles. The first-order valence-corrected chi connectivity index (χ1v) is 6.68. The van der Waals surface area contributed by atoms with E-state index in [1.165, 1.54) is 26.2 Å². The lowest BCUT2D eigenvalue weighted by Crippen LogP contribution is -2.35. The van der Waals surface area contributed by atoms with Gasteiger partial charge in [0.2, 0.25) is 0 Å². The third-order valence-electron chi connectivity index (χ3n) is 2.44. The molecular formula is C13H15Cl2NO4. The van der Waals surface area contributed by atoms with E-state index < -0.39 is 12.1 Å². The molecule has 0 saturated carbocycles. The van der Waals surface area contributed by atoms with Crippen molar-refractivity contribution in [1.82, 2.24) is 5.32 Å². The van der Waals surface area contributed by atoms with Crippen molar-refractivity contribution in [2.75, 3.05) is 13.7 Å². The first-order valence-electron chi connectivity index (χ1n) is 5.92. The summed E-state index contributed by atoms with van der Waals surface area (Å²) < 4.78 is 10.0. The number of likely N-dealkylation sites (N-methyl/N-ethyl adjacent to an activating group) is 1. The molecule has 0 heterocycles. The first kappa shape index (κ1) is 16.6. The summed E-state index contributed by atoms with van der Waals surface area (Å²) in [5.41, 5.74) is 0.150. The maximum atomic E-state index is 11.9. The highest BCUT2D eigenvalue weighted by atomic mass is 35.5. The Morgan fingerprint density at radius 2 is 1.85 bits per heavy atom. The Bertz CT molecular complexity index is 496. The van der Waals surface area contributed by atoms with E-state index in [1.807, 2.05) is 0 Å². The van der Waals surface area contributed by atoms with Crippen molar-refractivity contribution in [2.45, 2.75) is 20.0 Å². The Balaban J connectivity index is 2.86. The zero-order valence-electron chi connectivity index (χ0n) is 11.3. The maximum Gasteiger partial charge on any atom is 0.339 e. The highest BCUT2D eigenvalue weighted by Gasteiger charge is 2.20. The van der Waals surface area contributed by atoms with Crippen LogP contribution in [0.3, 0.4) is 0 Å². The van der Waals surface area contributed by atoms with Crippen LogP contribution in [0.1, 0.15) is 24.2 Å². The Morgan fingerprint density at radius 1 is 1.30 bits per heavy atom. The predicted molar refractivity (Wildman–Crippen MR) is 76.6 cm³/mol. The van der Waals surface area contributed by atoms with Gasteiger partial charge in [0.15, 0.2) is 11.9 Å². The number of benzene rings is 1. The molecule has 110 valence electrons. The maximum absolute atomic E-state index is 11.9. The van der Waals surface area contributed by atoms with Gasteiger partial charge in [-0.2, -0.15) is 0 Å². The molecule has 1 amide bonds. The van der Waals surface area contributed by atoms with Crippen LogP contribution in [0.5, 0.6) is 5.75 Å². The third kappa shape index (κ3) is 4.02. The Morgan fingerprint density at radius 3 is 2.30 bits per heavy atom. The van der Waals surface area contributed by atoms with Crippen molar-refractivity contribution in [1.29, 1.82) is 0 Å². The number of esters is 1. The molecule has 1 atom stereocenters. The van der Waals surface area contributed by atoms with Gasteiger partial charge in [-0.25, -0.2) is 4.79 Å². The van der Waals surface area contributed by atoms with Gasteiger partial charge >= 0.3 is 5.97 Å². The number of carbonyl (C=O) groups is 2. The first-order chi connectivity index (χ1) is 9.40. The van der Waals surface area contributed by atoms with Crippen molar-refractivity contribution >= 4 is 35.1 Å². The van der Waals surface area contributed by atoms with E-state index in [2.05, 4.69) is 5.32 Å². The van der Waals surface area contributed by atoms with E-state index in [9.17, 15) is 9.59 Å². The van der Waals surface area contributed by atoms with Gasteiger partial charge in [0.05, 0.1) is 22.7 Å². The molecule has 0 unspecified atom stereocenters. The van der Waals surface area contributed by atoms with Crippen LogP contribution in [0.2, 0.25) is 10.0 Å². The lowest BCUT2D eigenvalue weighted by atomic mass is 10.2. The molecule has 0 aliphatic heterocycles. The number of rotatable bonds is 5. The largest absolute Gasteiger partial charge is 0.494 e. The molecule has 0 bridgehead atoms. The second-order valence-electron chi connectivity index (χ2n) is 3.92. The molecule has 1 aromatic rings. The molecule has 0 saturated heterocycles. The molecule has 0 spiro atoms. The lowest BCUT2D eigenvalue weighted by molar-refractivity contribution is -0.128. The van der Waals surface area contributed by atoms with Gasteiger partial charge < -0.3 is 14.8 Å². The average Bonchev–Trinajstić information content (AvgIpc) is 2.38. The highest BCUT2D eigenvalue weighted by molar-refractivity contribution is 6.37. The number of amides is 1. The Hall–Kier alpha value is -1.46. The summed E-state index contributed by atoms with van der Waals surface area (Å²) in [4.78, 5) is 23.4. The summed E-state index contributed by atoms with van der Waals surface area (Å²) in [6.45, 7) is 3.71. The summed E-state index contributed by atoms with van der Waals surface area (Å²) in [6.07, 6.45) is -0.901. The molecule has 0 aromatic heterocycles. The molecule has 0 aliphatic carbocycles. The number of hydrogen-bond acceptors (Lipinski definition) is 4. The highest BCUT2D eigenvalue weighted by Crippen LogP contribution is 2.34. The zero-order chi connectivity index (χ0) is 15.3. The molecule has 0 fully saturated rings. The number of ether oxygens (including phenoxy) is 2. The second-order valence-corrected chi connectivity index (χ2v) is 4.73. The average molecular weight is 320 g/mol. The van der Waals surface area contributed by atoms with Crippen LogP contribution in [0.15, 0.2) is 12.1 Å². The number of halogens is 2. The monoisotopic (exact) mass is 319 g/mol. The van der Waals surface area contributed by atoms with Crippen LogP contribution >= 0.6 is 23.2 Å². The van der Waals surface area contributed by atoms with E-state index >= 15 is 0 Å².